The van der Waals surface area contributed by atoms with Crippen molar-refractivity contribution in [1.29, 1.82) is 0 Å². The van der Waals surface area contributed by atoms with Crippen LogP contribution in [0.15, 0.2) is 91.4 Å². The number of aromatic nitrogens is 6. The van der Waals surface area contributed by atoms with Gasteiger partial charge in [0.1, 0.15) is 11.3 Å². The summed E-state index contributed by atoms with van der Waals surface area (Å²) in [4.78, 5) is 14.2. The molecule has 40 heavy (non-hydrogen) atoms. The van der Waals surface area contributed by atoms with Crippen molar-refractivity contribution in [1.82, 2.24) is 29.3 Å². The largest absolute Gasteiger partial charge is 0.678 e. The van der Waals surface area contributed by atoms with Crippen molar-refractivity contribution in [3.05, 3.63) is 113 Å². The summed E-state index contributed by atoms with van der Waals surface area (Å²) in [6, 6.07) is 24.3. The standard InChI is InChI=1S/C30H26N9.W/c31-18-20-5-1-2-7-24(20)35-25-11-8-19-17-21(9-10-22(19)25)39-29(23-6-3-14-33-28(23)32)36-26-12-13-27(37-30(26)39)38-16-4-15-34-38;/h1-7,9-10,12-17,25H,8,11,18,31H2,(H2,32,33);/q-1;. The first kappa shape index (κ1) is 25.9. The van der Waals surface area contributed by atoms with E-state index in [2.05, 4.69) is 32.8 Å². The number of imidazole rings is 1. The van der Waals surface area contributed by atoms with Gasteiger partial charge >= 0.3 is 0 Å². The van der Waals surface area contributed by atoms with Crippen LogP contribution in [0.25, 0.3) is 39.4 Å². The molecule has 10 heteroatoms. The second-order valence-corrected chi connectivity index (χ2v) is 9.57. The summed E-state index contributed by atoms with van der Waals surface area (Å²) in [5.41, 5.74) is 20.0. The predicted molar refractivity (Wildman–Crippen MR) is 152 cm³/mol. The van der Waals surface area contributed by atoms with Crippen molar-refractivity contribution in [3.8, 4) is 22.9 Å². The van der Waals surface area contributed by atoms with Crippen molar-refractivity contribution in [2.75, 3.05) is 5.73 Å². The minimum absolute atomic E-state index is 0. The van der Waals surface area contributed by atoms with Gasteiger partial charge in [0.15, 0.2) is 17.3 Å². The van der Waals surface area contributed by atoms with Gasteiger partial charge < -0.3 is 16.8 Å². The molecule has 1 unspecified atom stereocenters. The number of nitrogen functional groups attached to an aromatic ring is 1. The fraction of sp³-hybridized carbons (Fsp3) is 0.133. The summed E-state index contributed by atoms with van der Waals surface area (Å²) in [6.45, 7) is 0.472. The average molecular weight is 696 g/mol. The Balaban J connectivity index is 0.00000289. The Labute approximate surface area is 245 Å². The second kappa shape index (κ2) is 10.7. The molecule has 1 atom stereocenters. The molecule has 7 rings (SSSR count). The molecular weight excluding hydrogens is 670 g/mol. The van der Waals surface area contributed by atoms with Crippen LogP contribution in [0.2, 0.25) is 0 Å². The summed E-state index contributed by atoms with van der Waals surface area (Å²) in [5.74, 6) is 1.81. The summed E-state index contributed by atoms with van der Waals surface area (Å²) in [7, 11) is 0. The fourth-order valence-electron chi connectivity index (χ4n) is 5.34. The van der Waals surface area contributed by atoms with Gasteiger partial charge in [-0.05, 0) is 60.0 Å². The first-order chi connectivity index (χ1) is 19.2. The maximum atomic E-state index is 6.31. The van der Waals surface area contributed by atoms with Gasteiger partial charge in [0, 0.05) is 51.9 Å². The van der Waals surface area contributed by atoms with Crippen LogP contribution >= 0.6 is 0 Å². The van der Waals surface area contributed by atoms with Crippen LogP contribution in [0.4, 0.5) is 11.5 Å². The number of pyridine rings is 2. The quantitative estimate of drug-likeness (QED) is 0.240. The molecule has 198 valence electrons. The van der Waals surface area contributed by atoms with Crippen LogP contribution in [0, 0.1) is 0 Å². The van der Waals surface area contributed by atoms with Crippen LogP contribution in [0.3, 0.4) is 0 Å². The van der Waals surface area contributed by atoms with E-state index in [9.17, 15) is 0 Å². The molecule has 1 aliphatic carbocycles. The molecule has 0 bridgehead atoms. The SMILES string of the molecule is NCc1ccccc1[N-]C1CCc2cc(-n3c(-c4cccnc4N)nc4ccc(-n5cccn5)nc43)ccc21.[W]. The number of nitrogens with zero attached hydrogens (tertiary/aromatic N) is 7. The fourth-order valence-corrected chi connectivity index (χ4v) is 5.34. The van der Waals surface area contributed by atoms with E-state index >= 15 is 0 Å². The number of nitrogens with two attached hydrogens (primary N) is 2. The van der Waals surface area contributed by atoms with E-state index in [0.29, 0.717) is 24.0 Å². The van der Waals surface area contributed by atoms with Crippen LogP contribution < -0.4 is 11.5 Å². The predicted octanol–water partition coefficient (Wildman–Crippen LogP) is 5.40. The Morgan fingerprint density at radius 3 is 2.67 bits per heavy atom. The van der Waals surface area contributed by atoms with Crippen LogP contribution in [0.1, 0.15) is 29.2 Å². The summed E-state index contributed by atoms with van der Waals surface area (Å²) < 4.78 is 3.80. The average Bonchev–Trinajstić information content (AvgIpc) is 3.72. The van der Waals surface area contributed by atoms with E-state index in [0.717, 1.165) is 46.5 Å². The third kappa shape index (κ3) is 4.47. The zero-order valence-corrected chi connectivity index (χ0v) is 24.5. The topological polar surface area (TPSA) is 128 Å². The van der Waals surface area contributed by atoms with Crippen LogP contribution in [-0.4, -0.2) is 29.3 Å². The number of rotatable bonds is 6. The Morgan fingerprint density at radius 1 is 0.950 bits per heavy atom. The van der Waals surface area contributed by atoms with Gasteiger partial charge in [-0.25, -0.2) is 19.6 Å². The molecule has 0 aliphatic heterocycles. The molecule has 2 aromatic carbocycles. The molecule has 4 heterocycles. The molecule has 0 saturated carbocycles. The number of benzene rings is 2. The van der Waals surface area contributed by atoms with E-state index in [1.807, 2.05) is 60.8 Å². The third-order valence-corrected chi connectivity index (χ3v) is 7.25. The number of anilines is 1. The first-order valence-electron chi connectivity index (χ1n) is 12.9. The molecule has 0 spiro atoms. The maximum absolute atomic E-state index is 6.31. The van der Waals surface area contributed by atoms with Crippen molar-refractivity contribution >= 4 is 22.7 Å². The van der Waals surface area contributed by atoms with E-state index in [1.165, 1.54) is 11.1 Å². The zero-order valence-electron chi connectivity index (χ0n) is 21.6. The molecule has 4 N–H and O–H groups in total. The molecule has 1 aliphatic rings. The molecule has 0 saturated heterocycles. The van der Waals surface area contributed by atoms with Gasteiger partial charge in [0.05, 0.1) is 5.56 Å². The van der Waals surface area contributed by atoms with Gasteiger partial charge in [-0.3, -0.25) is 4.57 Å². The zero-order chi connectivity index (χ0) is 26.3. The minimum atomic E-state index is 0. The van der Waals surface area contributed by atoms with Crippen molar-refractivity contribution < 1.29 is 21.1 Å². The van der Waals surface area contributed by atoms with E-state index < -0.39 is 0 Å². The molecular formula is C30H26N9W-. The summed E-state index contributed by atoms with van der Waals surface area (Å²) in [6.07, 6.45) is 7.18. The molecule has 0 fully saturated rings. The molecule has 9 nitrogen and oxygen atoms in total. The van der Waals surface area contributed by atoms with Gasteiger partial charge in [-0.1, -0.05) is 48.4 Å². The number of para-hydroxylation sites is 1. The number of aryl methyl sites for hydroxylation is 1. The Kier molecular flexibility index (Phi) is 6.92. The normalized spacial score (nSPS) is 14.2. The van der Waals surface area contributed by atoms with Gasteiger partial charge in [0.25, 0.3) is 0 Å². The summed E-state index contributed by atoms with van der Waals surface area (Å²) >= 11 is 0. The molecule has 4 aromatic heterocycles. The van der Waals surface area contributed by atoms with Gasteiger partial charge in [-0.2, -0.15) is 5.10 Å². The van der Waals surface area contributed by atoms with E-state index in [1.54, 1.807) is 17.1 Å². The van der Waals surface area contributed by atoms with Gasteiger partial charge in [-0.15, -0.1) is 5.69 Å². The van der Waals surface area contributed by atoms with Crippen LogP contribution in [0.5, 0.6) is 0 Å². The number of hydrogen-bond acceptors (Lipinski definition) is 6. The smallest absolute Gasteiger partial charge is 0.167 e. The number of hydrogen-bond donors (Lipinski definition) is 2. The van der Waals surface area contributed by atoms with Crippen molar-refractivity contribution in [2.24, 2.45) is 5.73 Å². The minimum Gasteiger partial charge on any atom is -0.678 e. The maximum Gasteiger partial charge on any atom is 0.167 e. The van der Waals surface area contributed by atoms with E-state index in [4.69, 9.17) is 26.8 Å². The third-order valence-electron chi connectivity index (χ3n) is 7.25. The number of fused-ring (bicyclic) bond motifs is 2. The monoisotopic (exact) mass is 696 g/mol. The first-order valence-corrected chi connectivity index (χ1v) is 12.9. The Bertz CT molecular complexity index is 1810. The Hall–Kier alpha value is -4.33. The van der Waals surface area contributed by atoms with Crippen LogP contribution in [-0.2, 0) is 34.0 Å². The van der Waals surface area contributed by atoms with Gasteiger partial charge in [0.2, 0.25) is 0 Å². The molecule has 0 amide bonds. The van der Waals surface area contributed by atoms with Crippen molar-refractivity contribution in [3.63, 3.8) is 0 Å². The molecule has 6 aromatic rings. The summed E-state index contributed by atoms with van der Waals surface area (Å²) in [5, 5.41) is 9.44. The Morgan fingerprint density at radius 2 is 1.85 bits per heavy atom. The van der Waals surface area contributed by atoms with Crippen molar-refractivity contribution in [2.45, 2.75) is 25.4 Å². The second-order valence-electron chi connectivity index (χ2n) is 9.57. The molecule has 0 radical (unpaired) electrons. The van der Waals surface area contributed by atoms with E-state index in [-0.39, 0.29) is 27.1 Å².